The van der Waals surface area contributed by atoms with Crippen LogP contribution in [0.5, 0.6) is 0 Å². The monoisotopic (exact) mass is 279 g/mol. The highest BCUT2D eigenvalue weighted by Crippen LogP contribution is 2.28. The normalized spacial score (nSPS) is 23.2. The highest BCUT2D eigenvalue weighted by Gasteiger charge is 2.39. The van der Waals surface area contributed by atoms with Gasteiger partial charge in [-0.1, -0.05) is 12.2 Å². The zero-order chi connectivity index (χ0) is 14.6. The number of carbonyl (C=O) groups is 2. The van der Waals surface area contributed by atoms with Gasteiger partial charge in [-0.2, -0.15) is 13.2 Å². The van der Waals surface area contributed by atoms with Crippen LogP contribution in [0.25, 0.3) is 0 Å². The molecule has 0 radical (unpaired) electrons. The fraction of sp³-hybridized carbons (Fsp3) is 0.667. The van der Waals surface area contributed by atoms with Crippen LogP contribution in [0.4, 0.5) is 13.2 Å². The molecule has 1 aliphatic rings. The van der Waals surface area contributed by atoms with Crippen molar-refractivity contribution in [3.05, 3.63) is 12.2 Å². The van der Waals surface area contributed by atoms with E-state index in [0.29, 0.717) is 4.90 Å². The topological polar surface area (TPSA) is 57.6 Å². The Bertz CT molecular complexity index is 379. The first kappa shape index (κ1) is 15.5. The van der Waals surface area contributed by atoms with E-state index in [2.05, 4.69) is 0 Å². The maximum atomic E-state index is 12.4. The number of allylic oxidation sites excluding steroid dienone is 2. The number of halogens is 3. The first-order valence-electron chi connectivity index (χ1n) is 5.99. The molecule has 0 unspecified atom stereocenters. The van der Waals surface area contributed by atoms with Crippen LogP contribution < -0.4 is 0 Å². The minimum Gasteiger partial charge on any atom is -0.481 e. The van der Waals surface area contributed by atoms with Gasteiger partial charge in [0.1, 0.15) is 6.54 Å². The Morgan fingerprint density at radius 1 is 1.26 bits per heavy atom. The van der Waals surface area contributed by atoms with Crippen molar-refractivity contribution >= 4 is 11.9 Å². The van der Waals surface area contributed by atoms with Gasteiger partial charge < -0.3 is 10.0 Å². The summed E-state index contributed by atoms with van der Waals surface area (Å²) in [7, 11) is 0. The van der Waals surface area contributed by atoms with Crippen LogP contribution in [0.1, 0.15) is 19.8 Å². The molecule has 108 valence electrons. The first-order valence-corrected chi connectivity index (χ1v) is 5.99. The molecule has 7 heteroatoms. The number of amides is 1. The van der Waals surface area contributed by atoms with E-state index in [1.807, 2.05) is 0 Å². The zero-order valence-electron chi connectivity index (χ0n) is 10.5. The summed E-state index contributed by atoms with van der Waals surface area (Å²) in [5.41, 5.74) is 0. The van der Waals surface area contributed by atoms with Gasteiger partial charge in [0.25, 0.3) is 0 Å². The molecule has 0 spiro atoms. The lowest BCUT2D eigenvalue weighted by atomic mass is 9.82. The molecular formula is C12H16F3NO3. The summed E-state index contributed by atoms with van der Waals surface area (Å²) >= 11 is 0. The van der Waals surface area contributed by atoms with Crippen LogP contribution in [-0.2, 0) is 9.59 Å². The Kier molecular flexibility index (Phi) is 4.97. The number of alkyl halides is 3. The third-order valence-corrected chi connectivity index (χ3v) is 3.13. The highest BCUT2D eigenvalue weighted by atomic mass is 19.4. The van der Waals surface area contributed by atoms with Gasteiger partial charge >= 0.3 is 12.1 Å². The van der Waals surface area contributed by atoms with Gasteiger partial charge in [-0.3, -0.25) is 9.59 Å². The van der Waals surface area contributed by atoms with Crippen LogP contribution in [-0.4, -0.2) is 41.1 Å². The maximum Gasteiger partial charge on any atom is 0.406 e. The Morgan fingerprint density at radius 2 is 1.79 bits per heavy atom. The van der Waals surface area contributed by atoms with E-state index >= 15 is 0 Å². The molecule has 19 heavy (non-hydrogen) atoms. The molecule has 0 fully saturated rings. The Hall–Kier alpha value is -1.53. The van der Waals surface area contributed by atoms with E-state index in [1.54, 1.807) is 12.2 Å². The van der Waals surface area contributed by atoms with Gasteiger partial charge in [-0.05, 0) is 19.8 Å². The fourth-order valence-electron chi connectivity index (χ4n) is 2.16. The molecule has 0 bridgehead atoms. The van der Waals surface area contributed by atoms with Gasteiger partial charge in [0, 0.05) is 6.54 Å². The lowest BCUT2D eigenvalue weighted by molar-refractivity contribution is -0.166. The number of aliphatic carboxylic acids is 1. The number of carboxylic acid groups (broad SMARTS) is 1. The highest BCUT2D eigenvalue weighted by molar-refractivity contribution is 5.85. The number of carbonyl (C=O) groups excluding carboxylic acids is 1. The third-order valence-electron chi connectivity index (χ3n) is 3.13. The Morgan fingerprint density at radius 3 is 2.21 bits per heavy atom. The Labute approximate surface area is 108 Å². The second-order valence-corrected chi connectivity index (χ2v) is 4.46. The van der Waals surface area contributed by atoms with Crippen molar-refractivity contribution in [2.75, 3.05) is 13.1 Å². The standard InChI is InChI=1S/C12H16F3NO3/c1-2-16(7-12(13,14)15)10(17)8-5-3-4-6-9(8)11(18)19/h3-4,8-9H,2,5-7H2,1H3,(H,18,19)/t8-,9+/m1/s1. The second-order valence-electron chi connectivity index (χ2n) is 4.46. The van der Waals surface area contributed by atoms with E-state index in [9.17, 15) is 22.8 Å². The van der Waals surface area contributed by atoms with Crippen LogP contribution >= 0.6 is 0 Å². The van der Waals surface area contributed by atoms with Crippen LogP contribution in [0.2, 0.25) is 0 Å². The SMILES string of the molecule is CCN(CC(F)(F)F)C(=O)[C@@H]1CC=CC[C@@H]1C(=O)O. The van der Waals surface area contributed by atoms with Crippen LogP contribution in [0.3, 0.4) is 0 Å². The Balaban J connectivity index is 2.83. The summed E-state index contributed by atoms with van der Waals surface area (Å²) in [5.74, 6) is -3.74. The van der Waals surface area contributed by atoms with Gasteiger partial charge in [-0.15, -0.1) is 0 Å². The summed E-state index contributed by atoms with van der Waals surface area (Å²) in [6.07, 6.45) is -0.847. The van der Waals surface area contributed by atoms with E-state index in [-0.39, 0.29) is 19.4 Å². The predicted octanol–water partition coefficient (Wildman–Crippen LogP) is 2.06. The van der Waals surface area contributed by atoms with Gasteiger partial charge in [0.05, 0.1) is 11.8 Å². The summed E-state index contributed by atoms with van der Waals surface area (Å²) in [5, 5.41) is 9.02. The van der Waals surface area contributed by atoms with Crippen molar-refractivity contribution in [2.45, 2.75) is 25.9 Å². The molecule has 0 aliphatic heterocycles. The van der Waals surface area contributed by atoms with Crippen molar-refractivity contribution < 1.29 is 27.9 Å². The molecule has 0 aromatic heterocycles. The summed E-state index contributed by atoms with van der Waals surface area (Å²) < 4.78 is 37.1. The molecule has 0 saturated carbocycles. The lowest BCUT2D eigenvalue weighted by Gasteiger charge is -2.30. The molecule has 0 aromatic rings. The number of hydrogen-bond donors (Lipinski definition) is 1. The third kappa shape index (κ3) is 4.25. The molecule has 4 nitrogen and oxygen atoms in total. The van der Waals surface area contributed by atoms with E-state index in [4.69, 9.17) is 5.11 Å². The molecule has 1 N–H and O–H groups in total. The summed E-state index contributed by atoms with van der Waals surface area (Å²) in [4.78, 5) is 23.8. The summed E-state index contributed by atoms with van der Waals surface area (Å²) in [6.45, 7) is 0.0118. The molecule has 0 saturated heterocycles. The van der Waals surface area contributed by atoms with Crippen molar-refractivity contribution in [2.24, 2.45) is 11.8 Å². The number of hydrogen-bond acceptors (Lipinski definition) is 2. The van der Waals surface area contributed by atoms with Crippen molar-refractivity contribution in [3.8, 4) is 0 Å². The van der Waals surface area contributed by atoms with Gasteiger partial charge in [0.2, 0.25) is 5.91 Å². The molecule has 1 amide bonds. The van der Waals surface area contributed by atoms with Crippen LogP contribution in [0.15, 0.2) is 12.2 Å². The average molecular weight is 279 g/mol. The maximum absolute atomic E-state index is 12.4. The molecule has 2 atom stereocenters. The quantitative estimate of drug-likeness (QED) is 0.801. The molecule has 0 aromatic carbocycles. The zero-order valence-corrected chi connectivity index (χ0v) is 10.5. The predicted molar refractivity (Wildman–Crippen MR) is 61.3 cm³/mol. The number of carboxylic acids is 1. The van der Waals surface area contributed by atoms with Gasteiger partial charge in [-0.25, -0.2) is 0 Å². The van der Waals surface area contributed by atoms with Crippen LogP contribution in [0, 0.1) is 11.8 Å². The molecular weight excluding hydrogens is 263 g/mol. The average Bonchev–Trinajstić information content (AvgIpc) is 2.34. The van der Waals surface area contributed by atoms with E-state index < -0.39 is 36.4 Å². The van der Waals surface area contributed by atoms with Gasteiger partial charge in [0.15, 0.2) is 0 Å². The largest absolute Gasteiger partial charge is 0.481 e. The fourth-order valence-corrected chi connectivity index (χ4v) is 2.16. The van der Waals surface area contributed by atoms with Crippen molar-refractivity contribution in [1.82, 2.24) is 4.90 Å². The molecule has 1 aliphatic carbocycles. The van der Waals surface area contributed by atoms with E-state index in [1.165, 1.54) is 6.92 Å². The van der Waals surface area contributed by atoms with Crippen molar-refractivity contribution in [1.29, 1.82) is 0 Å². The summed E-state index contributed by atoms with van der Waals surface area (Å²) in [6, 6.07) is 0. The first-order chi connectivity index (χ1) is 8.76. The van der Waals surface area contributed by atoms with Crippen molar-refractivity contribution in [3.63, 3.8) is 0 Å². The lowest BCUT2D eigenvalue weighted by Crippen LogP contribution is -2.45. The minimum atomic E-state index is -4.48. The second kappa shape index (κ2) is 6.08. The van der Waals surface area contributed by atoms with E-state index in [0.717, 1.165) is 0 Å². The number of nitrogens with zero attached hydrogens (tertiary/aromatic N) is 1. The molecule has 0 heterocycles. The minimum absolute atomic E-state index is 0.0924. The molecule has 1 rings (SSSR count). The number of rotatable bonds is 4. The smallest absolute Gasteiger partial charge is 0.406 e.